The van der Waals surface area contributed by atoms with E-state index in [2.05, 4.69) is 20.5 Å². The topological polar surface area (TPSA) is 134 Å². The van der Waals surface area contributed by atoms with Crippen LogP contribution >= 0.6 is 0 Å². The summed E-state index contributed by atoms with van der Waals surface area (Å²) in [5.41, 5.74) is 5.33. The van der Waals surface area contributed by atoms with Gasteiger partial charge in [0, 0.05) is 6.04 Å². The van der Waals surface area contributed by atoms with Gasteiger partial charge >= 0.3 is 5.97 Å². The fourth-order valence-electron chi connectivity index (χ4n) is 3.45. The number of rotatable bonds is 3. The minimum Gasteiger partial charge on any atom is -0.481 e. The maximum Gasteiger partial charge on any atom is 0.308 e. The SMILES string of the molecule is Nc1n[nH]c(C(=O)NC2C3CCC(C3)C2C(=O)O)n1. The lowest BCUT2D eigenvalue weighted by atomic mass is 9.84. The van der Waals surface area contributed by atoms with E-state index in [0.29, 0.717) is 0 Å². The smallest absolute Gasteiger partial charge is 0.308 e. The van der Waals surface area contributed by atoms with E-state index in [0.717, 1.165) is 19.3 Å². The van der Waals surface area contributed by atoms with E-state index in [1.807, 2.05) is 0 Å². The van der Waals surface area contributed by atoms with Crippen molar-refractivity contribution in [3.8, 4) is 0 Å². The van der Waals surface area contributed by atoms with Crippen LogP contribution < -0.4 is 11.1 Å². The summed E-state index contributed by atoms with van der Waals surface area (Å²) in [4.78, 5) is 27.0. The van der Waals surface area contributed by atoms with E-state index >= 15 is 0 Å². The molecule has 4 atom stereocenters. The second-order valence-electron chi connectivity index (χ2n) is 5.24. The summed E-state index contributed by atoms with van der Waals surface area (Å²) >= 11 is 0. The third-order valence-corrected chi connectivity index (χ3v) is 4.22. The number of hydrogen-bond acceptors (Lipinski definition) is 5. The van der Waals surface area contributed by atoms with Crippen LogP contribution in [0.15, 0.2) is 0 Å². The molecule has 1 amide bonds. The first kappa shape index (κ1) is 11.9. The van der Waals surface area contributed by atoms with Gasteiger partial charge in [0.1, 0.15) is 0 Å². The minimum atomic E-state index is -0.838. The van der Waals surface area contributed by atoms with Crippen LogP contribution in [0.2, 0.25) is 0 Å². The Morgan fingerprint density at radius 3 is 2.74 bits per heavy atom. The standard InChI is InChI=1S/C11H15N5O3/c12-11-14-8(15-16-11)9(17)13-7-5-2-1-4(3-5)6(7)10(18)19/h4-7H,1-3H2,(H,13,17)(H,18,19)(H3,12,14,15,16). The molecule has 0 spiro atoms. The van der Waals surface area contributed by atoms with Crippen molar-refractivity contribution >= 4 is 17.8 Å². The zero-order valence-corrected chi connectivity index (χ0v) is 10.2. The van der Waals surface area contributed by atoms with Gasteiger partial charge in [0.05, 0.1) is 5.92 Å². The molecule has 2 bridgehead atoms. The average molecular weight is 265 g/mol. The molecule has 0 aromatic carbocycles. The number of carbonyl (C=O) groups is 2. The van der Waals surface area contributed by atoms with Crippen LogP contribution in [0.4, 0.5) is 5.95 Å². The number of fused-ring (bicyclic) bond motifs is 2. The van der Waals surface area contributed by atoms with E-state index in [1.54, 1.807) is 0 Å². The fraction of sp³-hybridized carbons (Fsp3) is 0.636. The lowest BCUT2D eigenvalue weighted by molar-refractivity contribution is -0.144. The van der Waals surface area contributed by atoms with Crippen molar-refractivity contribution in [2.45, 2.75) is 25.3 Å². The predicted molar refractivity (Wildman–Crippen MR) is 64.0 cm³/mol. The summed E-state index contributed by atoms with van der Waals surface area (Å²) < 4.78 is 0. The van der Waals surface area contributed by atoms with Gasteiger partial charge in [-0.1, -0.05) is 0 Å². The molecule has 2 aliphatic carbocycles. The lowest BCUT2D eigenvalue weighted by Crippen LogP contribution is -2.47. The van der Waals surface area contributed by atoms with Gasteiger partial charge in [-0.25, -0.2) is 0 Å². The number of aliphatic carboxylic acids is 1. The highest BCUT2D eigenvalue weighted by Gasteiger charge is 2.51. The van der Waals surface area contributed by atoms with Gasteiger partial charge in [-0.3, -0.25) is 14.7 Å². The first-order chi connectivity index (χ1) is 9.06. The van der Waals surface area contributed by atoms with Gasteiger partial charge in [0.2, 0.25) is 11.8 Å². The molecule has 0 saturated heterocycles. The second kappa shape index (κ2) is 4.22. The van der Waals surface area contributed by atoms with Crippen LogP contribution in [0.5, 0.6) is 0 Å². The third-order valence-electron chi connectivity index (χ3n) is 4.22. The van der Waals surface area contributed by atoms with E-state index in [-0.39, 0.29) is 29.7 Å². The number of nitrogens with one attached hydrogen (secondary N) is 2. The largest absolute Gasteiger partial charge is 0.481 e. The maximum atomic E-state index is 12.0. The van der Waals surface area contributed by atoms with Crippen molar-refractivity contribution in [3.63, 3.8) is 0 Å². The molecule has 19 heavy (non-hydrogen) atoms. The van der Waals surface area contributed by atoms with Crippen molar-refractivity contribution in [3.05, 3.63) is 5.82 Å². The number of carbonyl (C=O) groups excluding carboxylic acids is 1. The molecule has 5 N–H and O–H groups in total. The summed E-state index contributed by atoms with van der Waals surface area (Å²) in [5.74, 6) is -1.36. The molecule has 4 unspecified atom stereocenters. The molecule has 3 rings (SSSR count). The highest BCUT2D eigenvalue weighted by molar-refractivity contribution is 5.91. The first-order valence-electron chi connectivity index (χ1n) is 6.28. The molecule has 0 radical (unpaired) electrons. The van der Waals surface area contributed by atoms with E-state index < -0.39 is 17.8 Å². The molecular weight excluding hydrogens is 250 g/mol. The van der Waals surface area contributed by atoms with Crippen LogP contribution in [0.3, 0.4) is 0 Å². The van der Waals surface area contributed by atoms with Crippen molar-refractivity contribution in [1.82, 2.24) is 20.5 Å². The third kappa shape index (κ3) is 1.92. The zero-order valence-electron chi connectivity index (χ0n) is 10.2. The van der Waals surface area contributed by atoms with Gasteiger partial charge in [-0.05, 0) is 31.1 Å². The Hall–Kier alpha value is -2.12. The van der Waals surface area contributed by atoms with Crippen LogP contribution in [0.25, 0.3) is 0 Å². The van der Waals surface area contributed by atoms with Crippen molar-refractivity contribution in [2.75, 3.05) is 5.73 Å². The number of nitrogen functional groups attached to an aromatic ring is 1. The first-order valence-corrected chi connectivity index (χ1v) is 6.28. The molecule has 8 heteroatoms. The Morgan fingerprint density at radius 1 is 1.37 bits per heavy atom. The molecule has 2 aliphatic rings. The summed E-state index contributed by atoms with van der Waals surface area (Å²) in [6.45, 7) is 0. The number of aromatic amines is 1. The number of amides is 1. The van der Waals surface area contributed by atoms with Gasteiger partial charge in [-0.2, -0.15) is 4.98 Å². The summed E-state index contributed by atoms with van der Waals surface area (Å²) in [6, 6.07) is -0.324. The number of hydrogen-bond donors (Lipinski definition) is 4. The Kier molecular flexibility index (Phi) is 2.65. The van der Waals surface area contributed by atoms with Crippen molar-refractivity contribution in [1.29, 1.82) is 0 Å². The van der Waals surface area contributed by atoms with Crippen LogP contribution in [0, 0.1) is 17.8 Å². The maximum absolute atomic E-state index is 12.0. The van der Waals surface area contributed by atoms with Crippen LogP contribution in [0.1, 0.15) is 29.9 Å². The van der Waals surface area contributed by atoms with Gasteiger partial charge < -0.3 is 16.2 Å². The molecule has 2 fully saturated rings. The highest BCUT2D eigenvalue weighted by atomic mass is 16.4. The number of anilines is 1. The highest BCUT2D eigenvalue weighted by Crippen LogP contribution is 2.48. The number of carboxylic acid groups (broad SMARTS) is 1. The van der Waals surface area contributed by atoms with E-state index in [9.17, 15) is 14.7 Å². The lowest BCUT2D eigenvalue weighted by Gasteiger charge is -2.28. The number of nitrogens with zero attached hydrogens (tertiary/aromatic N) is 2. The average Bonchev–Trinajstić information content (AvgIpc) is 3.03. The summed E-state index contributed by atoms with van der Waals surface area (Å²) in [7, 11) is 0. The Bertz CT molecular complexity index is 528. The van der Waals surface area contributed by atoms with Crippen molar-refractivity contribution < 1.29 is 14.7 Å². The minimum absolute atomic E-state index is 0.00660. The zero-order chi connectivity index (χ0) is 13.6. The Balaban J connectivity index is 1.75. The molecule has 0 aliphatic heterocycles. The molecule has 8 nitrogen and oxygen atoms in total. The Labute approximate surface area is 108 Å². The molecule has 1 heterocycles. The molecular formula is C11H15N5O3. The monoisotopic (exact) mass is 265 g/mol. The molecule has 1 aromatic rings. The quantitative estimate of drug-likeness (QED) is 0.588. The van der Waals surface area contributed by atoms with E-state index in [1.165, 1.54) is 0 Å². The Morgan fingerprint density at radius 2 is 2.11 bits per heavy atom. The molecule has 2 saturated carbocycles. The normalized spacial score (nSPS) is 32.4. The van der Waals surface area contributed by atoms with Crippen LogP contribution in [-0.2, 0) is 4.79 Å². The number of nitrogens with two attached hydrogens (primary N) is 1. The second-order valence-corrected chi connectivity index (χ2v) is 5.24. The van der Waals surface area contributed by atoms with Gasteiger partial charge in [0.15, 0.2) is 0 Å². The van der Waals surface area contributed by atoms with Gasteiger partial charge in [0.25, 0.3) is 5.91 Å². The fourth-order valence-corrected chi connectivity index (χ4v) is 3.45. The van der Waals surface area contributed by atoms with Crippen molar-refractivity contribution in [2.24, 2.45) is 17.8 Å². The predicted octanol–water partition coefficient (Wildman–Crippen LogP) is -0.384. The number of aromatic nitrogens is 3. The van der Waals surface area contributed by atoms with Crippen LogP contribution in [-0.4, -0.2) is 38.2 Å². The summed E-state index contributed by atoms with van der Waals surface area (Å²) in [5, 5.41) is 18.0. The number of carboxylic acids is 1. The molecule has 1 aromatic heterocycles. The number of H-pyrrole nitrogens is 1. The molecule has 102 valence electrons. The van der Waals surface area contributed by atoms with E-state index in [4.69, 9.17) is 5.73 Å². The summed E-state index contributed by atoms with van der Waals surface area (Å²) in [6.07, 6.45) is 2.78. The van der Waals surface area contributed by atoms with Gasteiger partial charge in [-0.15, -0.1) is 5.10 Å².